The summed E-state index contributed by atoms with van der Waals surface area (Å²) < 4.78 is 48.1. The summed E-state index contributed by atoms with van der Waals surface area (Å²) in [6.07, 6.45) is 1.44. The van der Waals surface area contributed by atoms with Crippen molar-refractivity contribution in [1.82, 2.24) is 24.5 Å². The Hall–Kier alpha value is -3.37. The molecular formula is C21H20FN5O3S. The SMILES string of the molecule is CCOCn1nnc(-c2cnc(S(=O)(=O)c3ccccc3)n2C)c1-c1ccc(F)cc1. The minimum absolute atomic E-state index is 0.113. The van der Waals surface area contributed by atoms with Gasteiger partial charge in [0.25, 0.3) is 0 Å². The van der Waals surface area contributed by atoms with E-state index in [0.717, 1.165) is 0 Å². The summed E-state index contributed by atoms with van der Waals surface area (Å²) in [5, 5.41) is 8.29. The molecule has 4 aromatic rings. The summed E-state index contributed by atoms with van der Waals surface area (Å²) in [6, 6.07) is 14.0. The van der Waals surface area contributed by atoms with Crippen LogP contribution in [0, 0.1) is 5.82 Å². The predicted molar refractivity (Wildman–Crippen MR) is 111 cm³/mol. The number of nitrogens with zero attached hydrogens (tertiary/aromatic N) is 5. The van der Waals surface area contributed by atoms with Crippen LogP contribution >= 0.6 is 0 Å². The molecule has 0 aliphatic carbocycles. The van der Waals surface area contributed by atoms with Crippen LogP contribution in [0.4, 0.5) is 4.39 Å². The molecule has 0 spiro atoms. The van der Waals surface area contributed by atoms with Gasteiger partial charge in [0, 0.05) is 19.2 Å². The monoisotopic (exact) mass is 441 g/mol. The van der Waals surface area contributed by atoms with Gasteiger partial charge in [-0.2, -0.15) is 0 Å². The number of sulfone groups is 1. The van der Waals surface area contributed by atoms with E-state index in [9.17, 15) is 12.8 Å². The van der Waals surface area contributed by atoms with E-state index in [2.05, 4.69) is 15.3 Å². The Labute approximate surface area is 178 Å². The standard InChI is InChI=1S/C21H20FN5O3S/c1-3-30-14-27-20(15-9-11-16(22)12-10-15)19(24-25-27)18-13-23-21(26(18)2)31(28,29)17-7-5-4-6-8-17/h4-13H,3,14H2,1-2H3. The van der Waals surface area contributed by atoms with Crippen molar-refractivity contribution >= 4 is 9.84 Å². The first kappa shape index (κ1) is 20.9. The van der Waals surface area contributed by atoms with Crippen LogP contribution in [-0.2, 0) is 28.4 Å². The maximum Gasteiger partial charge on any atom is 0.240 e. The number of halogens is 1. The smallest absolute Gasteiger partial charge is 0.240 e. The minimum atomic E-state index is -3.82. The van der Waals surface area contributed by atoms with Crippen molar-refractivity contribution in [3.63, 3.8) is 0 Å². The number of hydrogen-bond donors (Lipinski definition) is 0. The third-order valence-electron chi connectivity index (χ3n) is 4.75. The van der Waals surface area contributed by atoms with Gasteiger partial charge in [-0.1, -0.05) is 23.4 Å². The van der Waals surface area contributed by atoms with E-state index in [4.69, 9.17) is 4.74 Å². The molecule has 0 aliphatic rings. The highest BCUT2D eigenvalue weighted by atomic mass is 32.2. The molecule has 0 radical (unpaired) electrons. The molecule has 0 saturated heterocycles. The van der Waals surface area contributed by atoms with Gasteiger partial charge in [-0.05, 0) is 43.3 Å². The zero-order valence-electron chi connectivity index (χ0n) is 16.9. The maximum atomic E-state index is 13.5. The van der Waals surface area contributed by atoms with Crippen molar-refractivity contribution in [1.29, 1.82) is 0 Å². The fraction of sp³-hybridized carbons (Fsp3) is 0.190. The van der Waals surface area contributed by atoms with E-state index >= 15 is 0 Å². The number of imidazole rings is 1. The van der Waals surface area contributed by atoms with Gasteiger partial charge in [0.2, 0.25) is 15.0 Å². The van der Waals surface area contributed by atoms with Crippen molar-refractivity contribution in [3.05, 3.63) is 66.6 Å². The zero-order chi connectivity index (χ0) is 22.0. The Morgan fingerprint density at radius 2 is 1.77 bits per heavy atom. The fourth-order valence-corrected chi connectivity index (χ4v) is 4.59. The predicted octanol–water partition coefficient (Wildman–Crippen LogP) is 3.31. The molecule has 0 aliphatic heterocycles. The molecule has 31 heavy (non-hydrogen) atoms. The molecule has 4 rings (SSSR count). The Bertz CT molecular complexity index is 1300. The Balaban J connectivity index is 1.84. The van der Waals surface area contributed by atoms with E-state index in [0.29, 0.717) is 29.3 Å². The Kier molecular flexibility index (Phi) is 5.66. The molecule has 8 nitrogen and oxygen atoms in total. The van der Waals surface area contributed by atoms with Gasteiger partial charge < -0.3 is 9.30 Å². The summed E-state index contributed by atoms with van der Waals surface area (Å²) in [5.74, 6) is -0.370. The molecule has 0 N–H and O–H groups in total. The van der Waals surface area contributed by atoms with Crippen LogP contribution in [-0.4, -0.2) is 39.6 Å². The number of benzene rings is 2. The molecule has 0 bridgehead atoms. The molecule has 0 unspecified atom stereocenters. The molecule has 10 heteroatoms. The van der Waals surface area contributed by atoms with Gasteiger partial charge in [0.05, 0.1) is 16.8 Å². The first-order valence-electron chi connectivity index (χ1n) is 9.53. The van der Waals surface area contributed by atoms with Crippen LogP contribution in [0.3, 0.4) is 0 Å². The van der Waals surface area contributed by atoms with Gasteiger partial charge in [-0.25, -0.2) is 22.5 Å². The van der Waals surface area contributed by atoms with Crippen LogP contribution in [0.15, 0.2) is 70.8 Å². The Morgan fingerprint density at radius 1 is 1.06 bits per heavy atom. The summed E-state index contributed by atoms with van der Waals surface area (Å²) >= 11 is 0. The van der Waals surface area contributed by atoms with Gasteiger partial charge in [0.1, 0.15) is 23.9 Å². The summed E-state index contributed by atoms with van der Waals surface area (Å²) in [5.41, 5.74) is 2.10. The molecular weight excluding hydrogens is 421 g/mol. The van der Waals surface area contributed by atoms with Crippen LogP contribution in [0.2, 0.25) is 0 Å². The highest BCUT2D eigenvalue weighted by Crippen LogP contribution is 2.32. The van der Waals surface area contributed by atoms with Crippen molar-refractivity contribution < 1.29 is 17.5 Å². The summed E-state index contributed by atoms with van der Waals surface area (Å²) in [7, 11) is -2.22. The molecule has 0 atom stereocenters. The van der Waals surface area contributed by atoms with E-state index < -0.39 is 9.84 Å². The highest BCUT2D eigenvalue weighted by Gasteiger charge is 2.27. The first-order chi connectivity index (χ1) is 14.9. The average molecular weight is 441 g/mol. The third-order valence-corrected chi connectivity index (χ3v) is 6.51. The van der Waals surface area contributed by atoms with Crippen molar-refractivity contribution in [2.24, 2.45) is 7.05 Å². The lowest BCUT2D eigenvalue weighted by molar-refractivity contribution is 0.0790. The Morgan fingerprint density at radius 3 is 2.45 bits per heavy atom. The topological polar surface area (TPSA) is 91.9 Å². The van der Waals surface area contributed by atoms with Gasteiger partial charge in [0.15, 0.2) is 0 Å². The number of hydrogen-bond acceptors (Lipinski definition) is 6. The normalized spacial score (nSPS) is 11.7. The second-order valence-corrected chi connectivity index (χ2v) is 8.56. The molecule has 2 aromatic carbocycles. The van der Waals surface area contributed by atoms with Crippen LogP contribution in [0.1, 0.15) is 6.92 Å². The first-order valence-corrected chi connectivity index (χ1v) is 11.0. The lowest BCUT2D eigenvalue weighted by atomic mass is 10.1. The van der Waals surface area contributed by atoms with E-state index in [1.165, 1.54) is 35.0 Å². The number of rotatable bonds is 7. The number of aromatic nitrogens is 5. The second-order valence-electron chi connectivity index (χ2n) is 6.72. The quantitative estimate of drug-likeness (QED) is 0.437. The van der Waals surface area contributed by atoms with Crippen LogP contribution < -0.4 is 0 Å². The third kappa shape index (κ3) is 3.87. The maximum absolute atomic E-state index is 13.5. The largest absolute Gasteiger partial charge is 0.359 e. The highest BCUT2D eigenvalue weighted by molar-refractivity contribution is 7.91. The second kappa shape index (κ2) is 8.40. The van der Waals surface area contributed by atoms with E-state index in [1.54, 1.807) is 42.1 Å². The van der Waals surface area contributed by atoms with Gasteiger partial charge >= 0.3 is 0 Å². The van der Waals surface area contributed by atoms with E-state index in [-0.39, 0.29) is 22.6 Å². The lowest BCUT2D eigenvalue weighted by Crippen LogP contribution is -2.10. The molecule has 160 valence electrons. The van der Waals surface area contributed by atoms with Crippen molar-refractivity contribution in [2.45, 2.75) is 23.7 Å². The molecule has 2 aromatic heterocycles. The van der Waals surface area contributed by atoms with Crippen molar-refractivity contribution in [2.75, 3.05) is 6.61 Å². The van der Waals surface area contributed by atoms with E-state index in [1.807, 2.05) is 6.92 Å². The molecule has 0 fully saturated rings. The summed E-state index contributed by atoms with van der Waals surface area (Å²) in [4.78, 5) is 4.31. The van der Waals surface area contributed by atoms with Crippen LogP contribution in [0.5, 0.6) is 0 Å². The van der Waals surface area contributed by atoms with Gasteiger partial charge in [-0.15, -0.1) is 5.10 Å². The molecule has 0 amide bonds. The fourth-order valence-electron chi connectivity index (χ4n) is 3.21. The summed E-state index contributed by atoms with van der Waals surface area (Å²) in [6.45, 7) is 2.48. The van der Waals surface area contributed by atoms with Crippen molar-refractivity contribution in [3.8, 4) is 22.6 Å². The number of ether oxygens (including phenoxy) is 1. The van der Waals surface area contributed by atoms with Gasteiger partial charge in [-0.3, -0.25) is 0 Å². The average Bonchev–Trinajstić information content (AvgIpc) is 3.37. The molecule has 2 heterocycles. The lowest BCUT2D eigenvalue weighted by Gasteiger charge is -2.10. The molecule has 0 saturated carbocycles. The minimum Gasteiger partial charge on any atom is -0.359 e. The van der Waals surface area contributed by atoms with Crippen LogP contribution in [0.25, 0.3) is 22.6 Å². The zero-order valence-corrected chi connectivity index (χ0v) is 17.8.